The topological polar surface area (TPSA) is 153 Å². The van der Waals surface area contributed by atoms with Crippen molar-refractivity contribution in [3.63, 3.8) is 0 Å². The monoisotopic (exact) mass is 351 g/mol. The SMILES string of the molecule is CC(=O)Oc1cc(O)c(C(=O)NCC2=CC(=O)C(O)C(O)C2)cc1O. The van der Waals surface area contributed by atoms with E-state index >= 15 is 0 Å². The Balaban J connectivity index is 2.09. The first-order valence-corrected chi connectivity index (χ1v) is 7.31. The van der Waals surface area contributed by atoms with Crippen molar-refractivity contribution in [1.82, 2.24) is 5.32 Å². The summed E-state index contributed by atoms with van der Waals surface area (Å²) in [5, 5.41) is 40.9. The van der Waals surface area contributed by atoms with Crippen molar-refractivity contribution in [1.29, 1.82) is 0 Å². The Morgan fingerprint density at radius 3 is 2.52 bits per heavy atom. The number of hydrogen-bond donors (Lipinski definition) is 5. The summed E-state index contributed by atoms with van der Waals surface area (Å²) in [5.41, 5.74) is 0.133. The molecule has 1 aromatic rings. The normalized spacial score (nSPS) is 20.0. The molecular formula is C16H17NO8. The molecule has 2 unspecified atom stereocenters. The Hall–Kier alpha value is -2.91. The van der Waals surface area contributed by atoms with Gasteiger partial charge >= 0.3 is 5.97 Å². The third-order valence-electron chi connectivity index (χ3n) is 3.53. The molecule has 9 heteroatoms. The van der Waals surface area contributed by atoms with Crippen LogP contribution in [0.3, 0.4) is 0 Å². The van der Waals surface area contributed by atoms with Crippen molar-refractivity contribution in [2.75, 3.05) is 6.54 Å². The fraction of sp³-hybridized carbons (Fsp3) is 0.312. The minimum Gasteiger partial charge on any atom is -0.507 e. The molecule has 0 saturated heterocycles. The highest BCUT2D eigenvalue weighted by atomic mass is 16.5. The molecule has 0 bridgehead atoms. The van der Waals surface area contributed by atoms with E-state index in [1.54, 1.807) is 0 Å². The molecule has 1 amide bonds. The Morgan fingerprint density at radius 1 is 1.24 bits per heavy atom. The summed E-state index contributed by atoms with van der Waals surface area (Å²) in [4.78, 5) is 34.4. The number of esters is 1. The number of nitrogens with one attached hydrogen (secondary N) is 1. The van der Waals surface area contributed by atoms with Gasteiger partial charge in [0.25, 0.3) is 5.91 Å². The van der Waals surface area contributed by atoms with Gasteiger partial charge < -0.3 is 30.5 Å². The zero-order valence-corrected chi connectivity index (χ0v) is 13.2. The molecule has 0 spiro atoms. The van der Waals surface area contributed by atoms with Gasteiger partial charge in [-0.15, -0.1) is 0 Å². The number of phenolic OH excluding ortho intramolecular Hbond substituents is 2. The highest BCUT2D eigenvalue weighted by Gasteiger charge is 2.28. The van der Waals surface area contributed by atoms with Gasteiger partial charge in [0.15, 0.2) is 17.3 Å². The van der Waals surface area contributed by atoms with E-state index in [0.29, 0.717) is 5.57 Å². The first-order valence-electron chi connectivity index (χ1n) is 7.31. The predicted octanol–water partition coefficient (Wildman–Crippen LogP) is -0.626. The third kappa shape index (κ3) is 4.34. The van der Waals surface area contributed by atoms with E-state index in [1.165, 1.54) is 0 Å². The Kier molecular flexibility index (Phi) is 5.40. The first-order chi connectivity index (χ1) is 11.7. The standard InChI is InChI=1S/C16H17NO8/c1-7(18)25-14-5-10(19)9(4-11(14)20)16(24)17-6-8-2-12(21)15(23)13(22)3-8/h2,4-5,13,15,19-20,22-23H,3,6H2,1H3,(H,17,24). The van der Waals surface area contributed by atoms with Crippen LogP contribution in [0.4, 0.5) is 0 Å². The molecule has 0 saturated carbocycles. The summed E-state index contributed by atoms with van der Waals surface area (Å²) in [7, 11) is 0. The zero-order chi connectivity index (χ0) is 18.7. The van der Waals surface area contributed by atoms with E-state index in [0.717, 1.165) is 25.1 Å². The average molecular weight is 351 g/mol. The number of hydrogen-bond acceptors (Lipinski definition) is 8. The van der Waals surface area contributed by atoms with E-state index in [-0.39, 0.29) is 24.3 Å². The second kappa shape index (κ2) is 7.32. The van der Waals surface area contributed by atoms with Gasteiger partial charge in [0.2, 0.25) is 0 Å². The van der Waals surface area contributed by atoms with Crippen LogP contribution in [0.2, 0.25) is 0 Å². The van der Waals surface area contributed by atoms with Crippen molar-refractivity contribution in [2.24, 2.45) is 0 Å². The minimum atomic E-state index is -1.48. The number of aliphatic hydroxyl groups excluding tert-OH is 2. The molecule has 2 atom stereocenters. The number of rotatable bonds is 4. The maximum atomic E-state index is 12.1. The second-order valence-electron chi connectivity index (χ2n) is 5.53. The van der Waals surface area contributed by atoms with Crippen LogP contribution in [-0.4, -0.2) is 56.8 Å². The summed E-state index contributed by atoms with van der Waals surface area (Å²) in [6, 6.07) is 1.86. The third-order valence-corrected chi connectivity index (χ3v) is 3.53. The van der Waals surface area contributed by atoms with E-state index in [2.05, 4.69) is 10.1 Å². The van der Waals surface area contributed by atoms with Crippen LogP contribution in [0, 0.1) is 0 Å². The van der Waals surface area contributed by atoms with Crippen molar-refractivity contribution < 1.29 is 39.5 Å². The second-order valence-corrected chi connectivity index (χ2v) is 5.53. The number of ketones is 1. The summed E-state index contributed by atoms with van der Waals surface area (Å²) in [6.07, 6.45) is -1.58. The van der Waals surface area contributed by atoms with E-state index in [1.807, 2.05) is 0 Å². The lowest BCUT2D eigenvalue weighted by atomic mass is 9.93. The van der Waals surface area contributed by atoms with Gasteiger partial charge in [-0.05, 0) is 18.1 Å². The molecule has 1 aliphatic rings. The number of phenols is 2. The van der Waals surface area contributed by atoms with Crippen LogP contribution in [0.5, 0.6) is 17.2 Å². The minimum absolute atomic E-state index is 0.00973. The highest BCUT2D eigenvalue weighted by Crippen LogP contribution is 2.33. The van der Waals surface area contributed by atoms with Gasteiger partial charge in [-0.3, -0.25) is 14.4 Å². The van der Waals surface area contributed by atoms with Crippen LogP contribution in [-0.2, 0) is 9.59 Å². The molecule has 5 N–H and O–H groups in total. The number of benzene rings is 1. The van der Waals surface area contributed by atoms with E-state index in [9.17, 15) is 34.8 Å². The molecule has 1 aliphatic carbocycles. The molecule has 134 valence electrons. The van der Waals surface area contributed by atoms with Crippen molar-refractivity contribution in [3.8, 4) is 17.2 Å². The summed E-state index contributed by atoms with van der Waals surface area (Å²) >= 11 is 0. The van der Waals surface area contributed by atoms with Crippen molar-refractivity contribution in [3.05, 3.63) is 29.3 Å². The predicted molar refractivity (Wildman–Crippen MR) is 83.1 cm³/mol. The maximum Gasteiger partial charge on any atom is 0.308 e. The number of carbonyl (C=O) groups is 3. The van der Waals surface area contributed by atoms with Crippen LogP contribution >= 0.6 is 0 Å². The van der Waals surface area contributed by atoms with Crippen molar-refractivity contribution >= 4 is 17.7 Å². The van der Waals surface area contributed by atoms with Gasteiger partial charge in [0.1, 0.15) is 11.9 Å². The van der Waals surface area contributed by atoms with Gasteiger partial charge in [-0.1, -0.05) is 0 Å². The number of aliphatic hydroxyl groups is 2. The van der Waals surface area contributed by atoms with Crippen LogP contribution in [0.1, 0.15) is 23.7 Å². The van der Waals surface area contributed by atoms with E-state index in [4.69, 9.17) is 0 Å². The smallest absolute Gasteiger partial charge is 0.308 e. The number of aromatic hydroxyl groups is 2. The Morgan fingerprint density at radius 2 is 1.92 bits per heavy atom. The Labute approximate surface area is 142 Å². The lowest BCUT2D eigenvalue weighted by molar-refractivity contribution is -0.132. The molecule has 0 heterocycles. The van der Waals surface area contributed by atoms with Gasteiger partial charge in [-0.2, -0.15) is 0 Å². The average Bonchev–Trinajstić information content (AvgIpc) is 2.52. The summed E-state index contributed by atoms with van der Waals surface area (Å²) in [6.45, 7) is 1.02. The quantitative estimate of drug-likeness (QED) is 0.273. The number of ether oxygens (including phenoxy) is 1. The largest absolute Gasteiger partial charge is 0.507 e. The lowest BCUT2D eigenvalue weighted by Crippen LogP contribution is -2.38. The first kappa shape index (κ1) is 18.4. The molecular weight excluding hydrogens is 334 g/mol. The van der Waals surface area contributed by atoms with Crippen LogP contribution in [0.25, 0.3) is 0 Å². The number of carbonyl (C=O) groups excluding carboxylic acids is 3. The molecule has 1 aromatic carbocycles. The number of amides is 1. The summed E-state index contributed by atoms with van der Waals surface area (Å²) in [5.74, 6) is -3.44. The van der Waals surface area contributed by atoms with Gasteiger partial charge in [0, 0.05) is 25.6 Å². The maximum absolute atomic E-state index is 12.1. The lowest BCUT2D eigenvalue weighted by Gasteiger charge is -2.22. The molecule has 9 nitrogen and oxygen atoms in total. The van der Waals surface area contributed by atoms with Crippen molar-refractivity contribution in [2.45, 2.75) is 25.6 Å². The fourth-order valence-electron chi connectivity index (χ4n) is 2.30. The van der Waals surface area contributed by atoms with Crippen LogP contribution in [0.15, 0.2) is 23.8 Å². The summed E-state index contributed by atoms with van der Waals surface area (Å²) < 4.78 is 4.67. The van der Waals surface area contributed by atoms with E-state index < -0.39 is 41.4 Å². The zero-order valence-electron chi connectivity index (χ0n) is 13.2. The molecule has 0 fully saturated rings. The molecule has 25 heavy (non-hydrogen) atoms. The molecule has 2 rings (SSSR count). The fourth-order valence-corrected chi connectivity index (χ4v) is 2.30. The molecule has 0 aliphatic heterocycles. The molecule has 0 aromatic heterocycles. The van der Waals surface area contributed by atoms with Gasteiger partial charge in [-0.25, -0.2) is 0 Å². The molecule has 0 radical (unpaired) electrons. The highest BCUT2D eigenvalue weighted by molar-refractivity contribution is 5.98. The van der Waals surface area contributed by atoms with Crippen LogP contribution < -0.4 is 10.1 Å². The Bertz CT molecular complexity index is 755. The van der Waals surface area contributed by atoms with Gasteiger partial charge in [0.05, 0.1) is 11.7 Å².